The molecule has 0 aromatic heterocycles. The summed E-state index contributed by atoms with van der Waals surface area (Å²) in [6.45, 7) is 4.37. The summed E-state index contributed by atoms with van der Waals surface area (Å²) in [5.41, 5.74) is 0. The van der Waals surface area contributed by atoms with Gasteiger partial charge in [-0.15, -0.1) is 0 Å². The normalized spacial score (nSPS) is 14.6. The van der Waals surface area contributed by atoms with Crippen molar-refractivity contribution >= 4 is 22.6 Å². The van der Waals surface area contributed by atoms with Gasteiger partial charge < -0.3 is 0 Å². The van der Waals surface area contributed by atoms with E-state index in [2.05, 4.69) is 27.6 Å². The molecular formula is C6H6BrF2N. The highest BCUT2D eigenvalue weighted by atomic mass is 79.9. The van der Waals surface area contributed by atoms with E-state index < -0.39 is 11.7 Å². The molecule has 0 radical (unpaired) electrons. The van der Waals surface area contributed by atoms with Gasteiger partial charge in [-0.2, -0.15) is 0 Å². The van der Waals surface area contributed by atoms with E-state index in [4.69, 9.17) is 0 Å². The quantitative estimate of drug-likeness (QED) is 0.490. The fourth-order valence-corrected chi connectivity index (χ4v) is 0.491. The molecule has 0 rings (SSSR count). The van der Waals surface area contributed by atoms with Gasteiger partial charge in [0.2, 0.25) is 0 Å². The van der Waals surface area contributed by atoms with Gasteiger partial charge in [0.1, 0.15) is 0 Å². The summed E-state index contributed by atoms with van der Waals surface area (Å²) in [6.07, 6.45) is 0.708. The molecule has 0 saturated carbocycles. The number of allylic oxidation sites excluding steroid dienone is 3. The zero-order chi connectivity index (χ0) is 8.15. The molecule has 0 aromatic rings. The van der Waals surface area contributed by atoms with Crippen LogP contribution < -0.4 is 0 Å². The largest absolute Gasteiger partial charge is 0.269 e. The lowest BCUT2D eigenvalue weighted by Crippen LogP contribution is -1.75. The molecule has 0 N–H and O–H groups in total. The Kier molecular flexibility index (Phi) is 4.11. The molecule has 0 amide bonds. The van der Waals surface area contributed by atoms with E-state index in [1.807, 2.05) is 0 Å². The molecule has 0 unspecified atom stereocenters. The van der Waals surface area contributed by atoms with Crippen molar-refractivity contribution in [1.82, 2.24) is 0 Å². The van der Waals surface area contributed by atoms with E-state index in [0.29, 0.717) is 6.20 Å². The fourth-order valence-electron chi connectivity index (χ4n) is 0.301. The molecule has 0 aliphatic rings. The van der Waals surface area contributed by atoms with Crippen molar-refractivity contribution < 1.29 is 8.78 Å². The molecule has 0 bridgehead atoms. The standard InChI is InChI=1S/C6H6BrF2N/c1-4(7)6(9)5(8)3-10-2/h3H,2H2,1H3. The summed E-state index contributed by atoms with van der Waals surface area (Å²) in [5.74, 6) is -1.98. The van der Waals surface area contributed by atoms with Crippen LogP contribution in [0.1, 0.15) is 6.92 Å². The third-order valence-corrected chi connectivity index (χ3v) is 1.06. The topological polar surface area (TPSA) is 12.4 Å². The van der Waals surface area contributed by atoms with Gasteiger partial charge in [0.05, 0.1) is 6.20 Å². The lowest BCUT2D eigenvalue weighted by molar-refractivity contribution is 0.541. The summed E-state index contributed by atoms with van der Waals surface area (Å²) in [4.78, 5) is 3.06. The van der Waals surface area contributed by atoms with Gasteiger partial charge >= 0.3 is 0 Å². The number of aliphatic imine (C=N–C) groups is 1. The SMILES string of the molecule is C=NC=C(F)C(F)=C(C)Br. The first-order valence-corrected chi connectivity index (χ1v) is 3.22. The van der Waals surface area contributed by atoms with E-state index in [1.54, 1.807) is 0 Å². The third-order valence-electron chi connectivity index (χ3n) is 0.717. The molecule has 56 valence electrons. The van der Waals surface area contributed by atoms with Crippen molar-refractivity contribution in [2.24, 2.45) is 4.99 Å². The Balaban J connectivity index is 4.51. The summed E-state index contributed by atoms with van der Waals surface area (Å²) >= 11 is 2.77. The Bertz CT molecular complexity index is 192. The number of halogens is 3. The van der Waals surface area contributed by atoms with E-state index in [1.165, 1.54) is 6.92 Å². The second kappa shape index (κ2) is 4.33. The monoisotopic (exact) mass is 209 g/mol. The molecule has 4 heteroatoms. The van der Waals surface area contributed by atoms with Crippen molar-refractivity contribution in [3.63, 3.8) is 0 Å². The van der Waals surface area contributed by atoms with Crippen LogP contribution >= 0.6 is 15.9 Å². The second-order valence-electron chi connectivity index (χ2n) is 1.51. The van der Waals surface area contributed by atoms with E-state index >= 15 is 0 Å². The van der Waals surface area contributed by atoms with E-state index in [9.17, 15) is 8.78 Å². The minimum atomic E-state index is -1.02. The minimum Gasteiger partial charge on any atom is -0.269 e. The Labute approximate surface area is 66.3 Å². The molecule has 0 fully saturated rings. The lowest BCUT2D eigenvalue weighted by atomic mass is 10.4. The molecule has 0 aliphatic carbocycles. The van der Waals surface area contributed by atoms with Crippen molar-refractivity contribution in [1.29, 1.82) is 0 Å². The van der Waals surface area contributed by atoms with Crippen LogP contribution in [-0.2, 0) is 0 Å². The predicted octanol–water partition coefficient (Wildman–Crippen LogP) is 3.09. The molecule has 1 nitrogen and oxygen atoms in total. The first-order chi connectivity index (χ1) is 4.59. The van der Waals surface area contributed by atoms with E-state index in [0.717, 1.165) is 0 Å². The van der Waals surface area contributed by atoms with Gasteiger partial charge in [0, 0.05) is 4.48 Å². The van der Waals surface area contributed by atoms with E-state index in [-0.39, 0.29) is 4.48 Å². The average molecular weight is 210 g/mol. The molecular weight excluding hydrogens is 204 g/mol. The third kappa shape index (κ3) is 2.87. The van der Waals surface area contributed by atoms with Gasteiger partial charge in [-0.1, -0.05) is 15.9 Å². The Hall–Kier alpha value is -0.510. The molecule has 0 saturated heterocycles. The lowest BCUT2D eigenvalue weighted by Gasteiger charge is -1.91. The first kappa shape index (κ1) is 9.49. The number of nitrogens with zero attached hydrogens (tertiary/aromatic N) is 1. The molecule has 0 spiro atoms. The van der Waals surface area contributed by atoms with Crippen LogP contribution in [0.25, 0.3) is 0 Å². The second-order valence-corrected chi connectivity index (χ2v) is 2.70. The van der Waals surface area contributed by atoms with Gasteiger partial charge in [0.25, 0.3) is 0 Å². The van der Waals surface area contributed by atoms with Crippen molar-refractivity contribution in [3.05, 3.63) is 22.3 Å². The molecule has 0 aromatic carbocycles. The van der Waals surface area contributed by atoms with Crippen LogP contribution in [0.3, 0.4) is 0 Å². The maximum Gasteiger partial charge on any atom is 0.177 e. The molecule has 0 atom stereocenters. The molecule has 0 aliphatic heterocycles. The van der Waals surface area contributed by atoms with Gasteiger partial charge in [-0.3, -0.25) is 4.99 Å². The number of hydrogen-bond acceptors (Lipinski definition) is 1. The summed E-state index contributed by atoms with van der Waals surface area (Å²) in [6, 6.07) is 0. The maximum atomic E-state index is 12.4. The Morgan fingerprint density at radius 1 is 1.60 bits per heavy atom. The van der Waals surface area contributed by atoms with Crippen LogP contribution in [0.2, 0.25) is 0 Å². The van der Waals surface area contributed by atoms with Gasteiger partial charge in [-0.25, -0.2) is 8.78 Å². The predicted molar refractivity (Wildman–Crippen MR) is 41.5 cm³/mol. The Morgan fingerprint density at radius 3 is 2.40 bits per heavy atom. The summed E-state index contributed by atoms with van der Waals surface area (Å²) < 4.78 is 24.8. The molecule has 10 heavy (non-hydrogen) atoms. The van der Waals surface area contributed by atoms with Crippen LogP contribution in [0.4, 0.5) is 8.78 Å². The van der Waals surface area contributed by atoms with Gasteiger partial charge in [-0.05, 0) is 13.6 Å². The smallest absolute Gasteiger partial charge is 0.177 e. The summed E-state index contributed by atoms with van der Waals surface area (Å²) in [5, 5.41) is 0. The van der Waals surface area contributed by atoms with Gasteiger partial charge in [0.15, 0.2) is 11.7 Å². The zero-order valence-corrected chi connectivity index (χ0v) is 6.95. The highest BCUT2D eigenvalue weighted by Crippen LogP contribution is 2.20. The minimum absolute atomic E-state index is 0.102. The van der Waals surface area contributed by atoms with Crippen molar-refractivity contribution in [2.45, 2.75) is 6.92 Å². The van der Waals surface area contributed by atoms with Crippen molar-refractivity contribution in [2.75, 3.05) is 0 Å². The van der Waals surface area contributed by atoms with Crippen LogP contribution in [-0.4, -0.2) is 6.72 Å². The summed E-state index contributed by atoms with van der Waals surface area (Å²) in [7, 11) is 0. The maximum absolute atomic E-state index is 12.4. The van der Waals surface area contributed by atoms with Crippen LogP contribution in [0.15, 0.2) is 27.3 Å². The van der Waals surface area contributed by atoms with Crippen molar-refractivity contribution in [3.8, 4) is 0 Å². The first-order valence-electron chi connectivity index (χ1n) is 2.43. The highest BCUT2D eigenvalue weighted by molar-refractivity contribution is 9.11. The molecule has 0 heterocycles. The van der Waals surface area contributed by atoms with Crippen LogP contribution in [0, 0.1) is 0 Å². The Morgan fingerprint density at radius 2 is 2.10 bits per heavy atom. The number of rotatable bonds is 2. The number of hydrogen-bond donors (Lipinski definition) is 0. The fraction of sp³-hybridized carbons (Fsp3) is 0.167. The zero-order valence-electron chi connectivity index (χ0n) is 5.37. The van der Waals surface area contributed by atoms with Crippen LogP contribution in [0.5, 0.6) is 0 Å². The highest BCUT2D eigenvalue weighted by Gasteiger charge is 2.04. The average Bonchev–Trinajstić information content (AvgIpc) is 1.87.